The number of hydrogen-bond donors (Lipinski definition) is 2. The summed E-state index contributed by atoms with van der Waals surface area (Å²) in [5.41, 5.74) is 3.05. The molecule has 29 heavy (non-hydrogen) atoms. The summed E-state index contributed by atoms with van der Waals surface area (Å²) in [5.74, 6) is 0.0892. The van der Waals surface area contributed by atoms with Crippen LogP contribution in [-0.4, -0.2) is 33.4 Å². The molecule has 1 aromatic heterocycles. The average molecular weight is 393 g/mol. The quantitative estimate of drug-likeness (QED) is 0.642. The number of anilines is 2. The van der Waals surface area contributed by atoms with Gasteiger partial charge in [0.1, 0.15) is 12.3 Å². The third kappa shape index (κ3) is 5.19. The second-order valence-corrected chi connectivity index (χ2v) is 6.51. The topological polar surface area (TPSA) is 98.1 Å². The van der Waals surface area contributed by atoms with Gasteiger partial charge < -0.3 is 15.4 Å². The second-order valence-electron chi connectivity index (χ2n) is 6.51. The van der Waals surface area contributed by atoms with Crippen molar-refractivity contribution in [2.45, 2.75) is 27.3 Å². The Balaban J connectivity index is 1.63. The van der Waals surface area contributed by atoms with Gasteiger partial charge in [0, 0.05) is 11.4 Å². The predicted molar refractivity (Wildman–Crippen MR) is 110 cm³/mol. The van der Waals surface area contributed by atoms with Crippen LogP contribution in [0.3, 0.4) is 0 Å². The van der Waals surface area contributed by atoms with Crippen molar-refractivity contribution < 1.29 is 14.3 Å². The smallest absolute Gasteiger partial charge is 0.278 e. The highest BCUT2D eigenvalue weighted by atomic mass is 16.5. The van der Waals surface area contributed by atoms with Crippen molar-refractivity contribution in [3.8, 4) is 5.75 Å². The van der Waals surface area contributed by atoms with Gasteiger partial charge in [-0.3, -0.25) is 9.59 Å². The number of hydrogen-bond acceptors (Lipinski definition) is 5. The summed E-state index contributed by atoms with van der Waals surface area (Å²) < 4.78 is 6.78. The highest BCUT2D eigenvalue weighted by molar-refractivity contribution is 6.03. The van der Waals surface area contributed by atoms with Crippen molar-refractivity contribution in [3.05, 3.63) is 65.5 Å². The molecule has 8 heteroatoms. The van der Waals surface area contributed by atoms with Crippen molar-refractivity contribution in [2.24, 2.45) is 0 Å². The molecule has 0 saturated heterocycles. The van der Waals surface area contributed by atoms with Crippen LogP contribution in [0.1, 0.15) is 28.7 Å². The van der Waals surface area contributed by atoms with E-state index in [-0.39, 0.29) is 18.1 Å². The molecule has 0 saturated carbocycles. The van der Waals surface area contributed by atoms with E-state index in [0.29, 0.717) is 23.7 Å². The summed E-state index contributed by atoms with van der Waals surface area (Å²) in [5, 5.41) is 13.5. The van der Waals surface area contributed by atoms with E-state index in [4.69, 9.17) is 4.74 Å². The van der Waals surface area contributed by atoms with Crippen molar-refractivity contribution >= 4 is 23.2 Å². The Morgan fingerprint density at radius 3 is 2.48 bits per heavy atom. The van der Waals surface area contributed by atoms with Gasteiger partial charge in [0.2, 0.25) is 5.91 Å². The lowest BCUT2D eigenvalue weighted by Gasteiger charge is -2.08. The number of rotatable bonds is 7. The Morgan fingerprint density at radius 1 is 1.03 bits per heavy atom. The minimum atomic E-state index is -0.392. The van der Waals surface area contributed by atoms with Gasteiger partial charge >= 0.3 is 0 Å². The molecule has 0 aliphatic carbocycles. The van der Waals surface area contributed by atoms with Crippen LogP contribution in [0.15, 0.2) is 48.5 Å². The molecule has 0 fully saturated rings. The van der Waals surface area contributed by atoms with Crippen LogP contribution in [0.4, 0.5) is 11.4 Å². The van der Waals surface area contributed by atoms with Crippen LogP contribution in [0, 0.1) is 13.8 Å². The third-order valence-corrected chi connectivity index (χ3v) is 4.22. The minimum absolute atomic E-state index is 0.0386. The van der Waals surface area contributed by atoms with E-state index in [2.05, 4.69) is 20.9 Å². The summed E-state index contributed by atoms with van der Waals surface area (Å²) in [6.45, 7) is 6.09. The van der Waals surface area contributed by atoms with E-state index >= 15 is 0 Å². The third-order valence-electron chi connectivity index (χ3n) is 4.22. The van der Waals surface area contributed by atoms with E-state index in [1.165, 1.54) is 4.68 Å². The molecule has 3 rings (SSSR count). The molecule has 3 aromatic rings. The first-order valence-corrected chi connectivity index (χ1v) is 9.27. The normalized spacial score (nSPS) is 10.4. The molecule has 8 nitrogen and oxygen atoms in total. The fourth-order valence-corrected chi connectivity index (χ4v) is 2.77. The Bertz CT molecular complexity index is 1010. The molecule has 150 valence electrons. The van der Waals surface area contributed by atoms with Gasteiger partial charge in [-0.25, -0.2) is 4.68 Å². The molecule has 0 spiro atoms. The van der Waals surface area contributed by atoms with E-state index in [1.54, 1.807) is 31.2 Å². The first kappa shape index (κ1) is 20.1. The van der Waals surface area contributed by atoms with E-state index in [1.807, 2.05) is 38.1 Å². The Kier molecular flexibility index (Phi) is 6.23. The number of aryl methyl sites for hydroxylation is 1. The fraction of sp³-hybridized carbons (Fsp3) is 0.238. The maximum atomic E-state index is 12.5. The summed E-state index contributed by atoms with van der Waals surface area (Å²) >= 11 is 0. The molecule has 0 unspecified atom stereocenters. The molecule has 2 aromatic carbocycles. The molecule has 0 aliphatic heterocycles. The lowest BCUT2D eigenvalue weighted by Crippen LogP contribution is -2.21. The molecule has 1 heterocycles. The Hall–Kier alpha value is -3.68. The zero-order chi connectivity index (χ0) is 20.8. The standard InChI is InChI=1S/C21H23N5O3/c1-4-29-18-10-8-16(9-11-18)23-21(28)20-15(3)26(25-24-20)13-19(27)22-17-7-5-6-14(2)12-17/h5-12H,4,13H2,1-3H3,(H,22,27)(H,23,28). The van der Waals surface area contributed by atoms with Crippen molar-refractivity contribution in [1.82, 2.24) is 15.0 Å². The van der Waals surface area contributed by atoms with E-state index < -0.39 is 5.91 Å². The molecule has 2 amide bonds. The number of carbonyl (C=O) groups is 2. The zero-order valence-electron chi connectivity index (χ0n) is 16.6. The molecular weight excluding hydrogens is 370 g/mol. The monoisotopic (exact) mass is 393 g/mol. The van der Waals surface area contributed by atoms with Crippen LogP contribution in [0.25, 0.3) is 0 Å². The Morgan fingerprint density at radius 2 is 1.79 bits per heavy atom. The van der Waals surface area contributed by atoms with Crippen LogP contribution in [0.2, 0.25) is 0 Å². The average Bonchev–Trinajstić information content (AvgIpc) is 3.04. The number of ether oxygens (including phenoxy) is 1. The number of carbonyl (C=O) groups excluding carboxylic acids is 2. The fourth-order valence-electron chi connectivity index (χ4n) is 2.77. The lowest BCUT2D eigenvalue weighted by molar-refractivity contribution is -0.117. The summed E-state index contributed by atoms with van der Waals surface area (Å²) in [6.07, 6.45) is 0. The SMILES string of the molecule is CCOc1ccc(NC(=O)c2nnn(CC(=O)Nc3cccc(C)c3)c2C)cc1. The number of nitrogens with zero attached hydrogens (tertiary/aromatic N) is 3. The van der Waals surface area contributed by atoms with Gasteiger partial charge in [0.25, 0.3) is 5.91 Å². The predicted octanol–water partition coefficient (Wildman–Crippen LogP) is 3.18. The van der Waals surface area contributed by atoms with Crippen LogP contribution in [-0.2, 0) is 11.3 Å². The summed E-state index contributed by atoms with van der Waals surface area (Å²) in [4.78, 5) is 24.8. The van der Waals surface area contributed by atoms with Crippen molar-refractivity contribution in [1.29, 1.82) is 0 Å². The maximum Gasteiger partial charge on any atom is 0.278 e. The van der Waals surface area contributed by atoms with Gasteiger partial charge in [-0.2, -0.15) is 0 Å². The number of amides is 2. The van der Waals surface area contributed by atoms with Crippen molar-refractivity contribution in [2.75, 3.05) is 17.2 Å². The lowest BCUT2D eigenvalue weighted by atomic mass is 10.2. The molecule has 0 atom stereocenters. The van der Waals surface area contributed by atoms with E-state index in [9.17, 15) is 9.59 Å². The highest BCUT2D eigenvalue weighted by Crippen LogP contribution is 2.17. The molecular formula is C21H23N5O3. The molecule has 0 aliphatic rings. The Labute approximate surface area is 168 Å². The van der Waals surface area contributed by atoms with Crippen molar-refractivity contribution in [3.63, 3.8) is 0 Å². The summed E-state index contributed by atoms with van der Waals surface area (Å²) in [7, 11) is 0. The van der Waals surface area contributed by atoms with Gasteiger partial charge in [-0.15, -0.1) is 5.10 Å². The number of nitrogens with one attached hydrogen (secondary N) is 2. The number of aromatic nitrogens is 3. The van der Waals surface area contributed by atoms with Crippen LogP contribution in [0.5, 0.6) is 5.75 Å². The highest BCUT2D eigenvalue weighted by Gasteiger charge is 2.18. The maximum absolute atomic E-state index is 12.5. The van der Waals surface area contributed by atoms with Gasteiger partial charge in [0.05, 0.1) is 12.3 Å². The van der Waals surface area contributed by atoms with Gasteiger partial charge in [0.15, 0.2) is 5.69 Å². The van der Waals surface area contributed by atoms with Crippen LogP contribution < -0.4 is 15.4 Å². The van der Waals surface area contributed by atoms with Crippen LogP contribution >= 0.6 is 0 Å². The largest absolute Gasteiger partial charge is 0.494 e. The number of benzene rings is 2. The zero-order valence-corrected chi connectivity index (χ0v) is 16.6. The van der Waals surface area contributed by atoms with Gasteiger partial charge in [-0.1, -0.05) is 17.3 Å². The molecule has 0 radical (unpaired) electrons. The second kappa shape index (κ2) is 9.01. The minimum Gasteiger partial charge on any atom is -0.494 e. The molecule has 2 N–H and O–H groups in total. The van der Waals surface area contributed by atoms with E-state index in [0.717, 1.165) is 11.3 Å². The first-order valence-electron chi connectivity index (χ1n) is 9.27. The van der Waals surface area contributed by atoms with Gasteiger partial charge in [-0.05, 0) is 62.7 Å². The summed E-state index contributed by atoms with van der Waals surface area (Å²) in [6, 6.07) is 14.6. The first-order chi connectivity index (χ1) is 14.0. The molecule has 0 bridgehead atoms.